The first kappa shape index (κ1) is 20.0. The van der Waals surface area contributed by atoms with Gasteiger partial charge >= 0.3 is 0 Å². The Balaban J connectivity index is 1.97. The molecule has 2 aromatic carbocycles. The number of rotatable bonds is 7. The van der Waals surface area contributed by atoms with Gasteiger partial charge in [-0.05, 0) is 75.2 Å². The molecule has 0 aliphatic rings. The van der Waals surface area contributed by atoms with Gasteiger partial charge < -0.3 is 10.1 Å². The molecule has 0 atom stereocenters. The van der Waals surface area contributed by atoms with E-state index in [1.54, 1.807) is 12.1 Å². The van der Waals surface area contributed by atoms with E-state index in [1.165, 1.54) is 12.1 Å². The minimum atomic E-state index is -3.53. The van der Waals surface area contributed by atoms with Crippen LogP contribution in [0.25, 0.3) is 0 Å². The first-order valence-corrected chi connectivity index (χ1v) is 10.2. The number of ether oxygens (including phenoxy) is 1. The third-order valence-corrected chi connectivity index (χ3v) is 5.39. The van der Waals surface area contributed by atoms with Gasteiger partial charge in [0.1, 0.15) is 5.75 Å². The highest BCUT2D eigenvalue weighted by Gasteiger charge is 2.17. The van der Waals surface area contributed by atoms with Crippen LogP contribution in [0.3, 0.4) is 0 Å². The largest absolute Gasteiger partial charge is 0.491 e. The Morgan fingerprint density at radius 3 is 2.15 bits per heavy atom. The summed E-state index contributed by atoms with van der Waals surface area (Å²) in [5, 5.41) is 2.75. The zero-order chi connectivity index (χ0) is 19.3. The van der Waals surface area contributed by atoms with Crippen molar-refractivity contribution in [3.8, 4) is 5.75 Å². The van der Waals surface area contributed by atoms with E-state index in [4.69, 9.17) is 4.74 Å². The zero-order valence-corrected chi connectivity index (χ0v) is 16.4. The molecule has 0 radical (unpaired) electrons. The Bertz CT molecular complexity index is 851. The van der Waals surface area contributed by atoms with E-state index in [0.717, 1.165) is 11.1 Å². The van der Waals surface area contributed by atoms with Gasteiger partial charge in [0.05, 0.1) is 16.8 Å². The number of hydrogen-bond acceptors (Lipinski definition) is 4. The van der Waals surface area contributed by atoms with Crippen LogP contribution in [0.1, 0.15) is 31.4 Å². The van der Waals surface area contributed by atoms with Crippen molar-refractivity contribution in [2.45, 2.75) is 45.1 Å². The predicted octanol–water partition coefficient (Wildman–Crippen LogP) is 3.89. The van der Waals surface area contributed by atoms with Crippen LogP contribution in [0.2, 0.25) is 0 Å². The van der Waals surface area contributed by atoms with Crippen molar-refractivity contribution in [1.82, 2.24) is 0 Å². The normalized spacial score (nSPS) is 11.4. The number of aryl methyl sites for hydroxylation is 2. The zero-order valence-electron chi connectivity index (χ0n) is 15.6. The van der Waals surface area contributed by atoms with E-state index in [2.05, 4.69) is 5.32 Å². The van der Waals surface area contributed by atoms with Crippen LogP contribution in [0.4, 0.5) is 5.69 Å². The van der Waals surface area contributed by atoms with Crippen molar-refractivity contribution in [3.05, 3.63) is 53.6 Å². The van der Waals surface area contributed by atoms with Gasteiger partial charge in [0.2, 0.25) is 5.91 Å². The molecule has 0 unspecified atom stereocenters. The molecule has 1 N–H and O–H groups in total. The average molecular weight is 375 g/mol. The standard InChI is InChI=1S/C20H25NO4S/c1-14(2)25-18-5-7-19(8-6-18)26(23,24)10-9-20(22)21-17-12-15(3)11-16(4)13-17/h5-8,11-14H,9-10H2,1-4H3,(H,21,22). The van der Waals surface area contributed by atoms with Gasteiger partial charge in [0.25, 0.3) is 0 Å². The fourth-order valence-electron chi connectivity index (χ4n) is 2.61. The molecule has 0 aliphatic carbocycles. The van der Waals surface area contributed by atoms with Gasteiger partial charge in [-0.1, -0.05) is 6.07 Å². The summed E-state index contributed by atoms with van der Waals surface area (Å²) >= 11 is 0. The highest BCUT2D eigenvalue weighted by molar-refractivity contribution is 7.91. The quantitative estimate of drug-likeness (QED) is 0.797. The summed E-state index contributed by atoms with van der Waals surface area (Å²) in [7, 11) is -3.53. The number of anilines is 1. The third-order valence-electron chi connectivity index (χ3n) is 3.66. The fraction of sp³-hybridized carbons (Fsp3) is 0.350. The van der Waals surface area contributed by atoms with E-state index in [9.17, 15) is 13.2 Å². The van der Waals surface area contributed by atoms with Gasteiger partial charge in [0.15, 0.2) is 9.84 Å². The van der Waals surface area contributed by atoms with Crippen molar-refractivity contribution in [2.75, 3.05) is 11.1 Å². The van der Waals surface area contributed by atoms with Crippen LogP contribution < -0.4 is 10.1 Å². The number of hydrogen-bond donors (Lipinski definition) is 1. The van der Waals surface area contributed by atoms with Crippen LogP contribution in [0, 0.1) is 13.8 Å². The highest BCUT2D eigenvalue weighted by atomic mass is 32.2. The van der Waals surface area contributed by atoms with Gasteiger partial charge in [-0.3, -0.25) is 4.79 Å². The minimum absolute atomic E-state index is 0.0198. The van der Waals surface area contributed by atoms with Crippen LogP contribution in [0.5, 0.6) is 5.75 Å². The van der Waals surface area contributed by atoms with E-state index < -0.39 is 9.84 Å². The molecule has 0 fully saturated rings. The maximum absolute atomic E-state index is 12.4. The Kier molecular flexibility index (Phi) is 6.42. The van der Waals surface area contributed by atoms with Crippen molar-refractivity contribution in [2.24, 2.45) is 0 Å². The number of nitrogens with one attached hydrogen (secondary N) is 1. The lowest BCUT2D eigenvalue weighted by Gasteiger charge is -2.11. The lowest BCUT2D eigenvalue weighted by Crippen LogP contribution is -2.17. The first-order chi connectivity index (χ1) is 12.2. The van der Waals surface area contributed by atoms with E-state index in [0.29, 0.717) is 11.4 Å². The summed E-state index contributed by atoms with van der Waals surface area (Å²) in [5.41, 5.74) is 2.76. The second-order valence-electron chi connectivity index (χ2n) is 6.63. The first-order valence-electron chi connectivity index (χ1n) is 8.53. The van der Waals surface area contributed by atoms with Crippen LogP contribution >= 0.6 is 0 Å². The number of benzene rings is 2. The summed E-state index contributed by atoms with van der Waals surface area (Å²) in [6.07, 6.45) is -0.0778. The van der Waals surface area contributed by atoms with Crippen molar-refractivity contribution in [1.29, 1.82) is 0 Å². The van der Waals surface area contributed by atoms with Crippen molar-refractivity contribution < 1.29 is 17.9 Å². The molecule has 26 heavy (non-hydrogen) atoms. The van der Waals surface area contributed by atoms with Crippen LogP contribution in [0.15, 0.2) is 47.4 Å². The maximum atomic E-state index is 12.4. The molecule has 6 heteroatoms. The lowest BCUT2D eigenvalue weighted by atomic mass is 10.1. The summed E-state index contributed by atoms with van der Waals surface area (Å²) in [6.45, 7) is 7.69. The molecule has 0 bridgehead atoms. The fourth-order valence-corrected chi connectivity index (χ4v) is 3.85. The average Bonchev–Trinajstić information content (AvgIpc) is 2.52. The van der Waals surface area contributed by atoms with Crippen molar-refractivity contribution >= 4 is 21.4 Å². The molecule has 5 nitrogen and oxygen atoms in total. The Morgan fingerprint density at radius 1 is 1.04 bits per heavy atom. The van der Waals surface area contributed by atoms with Gasteiger partial charge in [-0.25, -0.2) is 8.42 Å². The number of carbonyl (C=O) groups is 1. The van der Waals surface area contributed by atoms with E-state index in [-0.39, 0.29) is 29.1 Å². The molecular weight excluding hydrogens is 350 g/mol. The second-order valence-corrected chi connectivity index (χ2v) is 8.74. The molecule has 140 valence electrons. The minimum Gasteiger partial charge on any atom is -0.491 e. The number of amides is 1. The number of sulfone groups is 1. The second kappa shape index (κ2) is 8.36. The van der Waals surface area contributed by atoms with Crippen LogP contribution in [-0.2, 0) is 14.6 Å². The number of carbonyl (C=O) groups excluding carboxylic acids is 1. The van der Waals surface area contributed by atoms with E-state index in [1.807, 2.05) is 45.9 Å². The smallest absolute Gasteiger partial charge is 0.225 e. The lowest BCUT2D eigenvalue weighted by molar-refractivity contribution is -0.115. The summed E-state index contributed by atoms with van der Waals surface area (Å²) in [4.78, 5) is 12.3. The third kappa shape index (κ3) is 5.88. The molecular formula is C20H25NO4S. The molecule has 0 saturated carbocycles. The Morgan fingerprint density at radius 2 is 1.62 bits per heavy atom. The predicted molar refractivity (Wildman–Crippen MR) is 103 cm³/mol. The van der Waals surface area contributed by atoms with Gasteiger partial charge in [0, 0.05) is 12.1 Å². The molecule has 2 aromatic rings. The molecule has 0 aliphatic heterocycles. The Labute approximate surface area is 155 Å². The van der Waals surface area contributed by atoms with Gasteiger partial charge in [-0.2, -0.15) is 0 Å². The monoisotopic (exact) mass is 375 g/mol. The summed E-state index contributed by atoms with van der Waals surface area (Å²) in [6, 6.07) is 12.0. The summed E-state index contributed by atoms with van der Waals surface area (Å²) < 4.78 is 30.3. The molecule has 0 aromatic heterocycles. The summed E-state index contributed by atoms with van der Waals surface area (Å²) in [5.74, 6) is 0.0541. The molecule has 0 saturated heterocycles. The Hall–Kier alpha value is -2.34. The van der Waals surface area contributed by atoms with Crippen molar-refractivity contribution in [3.63, 3.8) is 0 Å². The topological polar surface area (TPSA) is 72.5 Å². The highest BCUT2D eigenvalue weighted by Crippen LogP contribution is 2.19. The van der Waals surface area contributed by atoms with Crippen LogP contribution in [-0.4, -0.2) is 26.2 Å². The maximum Gasteiger partial charge on any atom is 0.225 e. The van der Waals surface area contributed by atoms with E-state index >= 15 is 0 Å². The SMILES string of the molecule is Cc1cc(C)cc(NC(=O)CCS(=O)(=O)c2ccc(OC(C)C)cc2)c1. The molecule has 0 spiro atoms. The van der Waals surface area contributed by atoms with Gasteiger partial charge in [-0.15, -0.1) is 0 Å². The molecule has 2 rings (SSSR count). The molecule has 0 heterocycles. The molecule has 1 amide bonds.